The highest BCUT2D eigenvalue weighted by atomic mass is 32.2. The van der Waals surface area contributed by atoms with Crippen LogP contribution >= 0.6 is 11.8 Å². The van der Waals surface area contributed by atoms with Gasteiger partial charge in [0.2, 0.25) is 11.8 Å². The van der Waals surface area contributed by atoms with E-state index in [1.165, 1.54) is 11.8 Å². The predicted molar refractivity (Wildman–Crippen MR) is 113 cm³/mol. The Morgan fingerprint density at radius 3 is 2.50 bits per heavy atom. The highest BCUT2D eigenvalue weighted by Crippen LogP contribution is 2.32. The third-order valence-electron chi connectivity index (χ3n) is 4.16. The Balaban J connectivity index is 1.70. The monoisotopic (exact) mass is 397 g/mol. The molecule has 0 bridgehead atoms. The summed E-state index contributed by atoms with van der Waals surface area (Å²) in [5.74, 6) is -0.270. The number of para-hydroxylation sites is 2. The fourth-order valence-electron chi connectivity index (χ4n) is 2.81. The zero-order valence-corrected chi connectivity index (χ0v) is 16.5. The number of thioether (sulfide) groups is 1. The fourth-order valence-corrected chi connectivity index (χ4v) is 4.00. The first-order valence-electron chi connectivity index (χ1n) is 9.13. The lowest BCUT2D eigenvalue weighted by Crippen LogP contribution is -2.34. The maximum atomic E-state index is 12.9. The number of anilines is 1. The number of nitrogens with zero attached hydrogens (tertiary/aromatic N) is 2. The number of nitrogens with one attached hydrogen (secondary N) is 1. The van der Waals surface area contributed by atoms with Crippen molar-refractivity contribution in [2.45, 2.75) is 18.1 Å². The summed E-state index contributed by atoms with van der Waals surface area (Å²) in [5.41, 5.74) is 1.50. The normalized spacial score (nSPS) is 17.9. The molecular weight excluding hydrogens is 374 g/mol. The van der Waals surface area contributed by atoms with Gasteiger partial charge in [-0.3, -0.25) is 14.5 Å². The van der Waals surface area contributed by atoms with Gasteiger partial charge in [-0.2, -0.15) is 0 Å². The molecular formula is C21H23N3O3S. The third-order valence-corrected chi connectivity index (χ3v) is 5.33. The first kappa shape index (κ1) is 20.1. The Morgan fingerprint density at radius 1 is 1.14 bits per heavy atom. The van der Waals surface area contributed by atoms with Crippen LogP contribution in [0.25, 0.3) is 0 Å². The van der Waals surface area contributed by atoms with Crippen molar-refractivity contribution in [1.82, 2.24) is 4.90 Å². The van der Waals surface area contributed by atoms with E-state index < -0.39 is 5.25 Å². The molecule has 7 heteroatoms. The van der Waals surface area contributed by atoms with E-state index in [0.29, 0.717) is 24.7 Å². The van der Waals surface area contributed by atoms with Crippen molar-refractivity contribution >= 4 is 40.1 Å². The van der Waals surface area contributed by atoms with Crippen molar-refractivity contribution < 1.29 is 14.3 Å². The molecule has 146 valence electrons. The predicted octanol–water partition coefficient (Wildman–Crippen LogP) is 3.68. The topological polar surface area (TPSA) is 71.0 Å². The molecule has 1 fully saturated rings. The number of aliphatic imine (C=N–C) groups is 1. The molecule has 3 rings (SSSR count). The van der Waals surface area contributed by atoms with Crippen LogP contribution < -0.4 is 5.32 Å². The Labute approximate surface area is 169 Å². The van der Waals surface area contributed by atoms with E-state index in [1.54, 1.807) is 12.0 Å². The Bertz CT molecular complexity index is 827. The Morgan fingerprint density at radius 2 is 1.82 bits per heavy atom. The highest BCUT2D eigenvalue weighted by molar-refractivity contribution is 8.15. The second kappa shape index (κ2) is 10.1. The first-order valence-corrected chi connectivity index (χ1v) is 10.0. The van der Waals surface area contributed by atoms with Crippen molar-refractivity contribution in [3.8, 4) is 0 Å². The van der Waals surface area contributed by atoms with E-state index in [4.69, 9.17) is 4.74 Å². The molecule has 28 heavy (non-hydrogen) atoms. The van der Waals surface area contributed by atoms with Crippen molar-refractivity contribution in [1.29, 1.82) is 0 Å². The van der Waals surface area contributed by atoms with Gasteiger partial charge in [-0.05, 0) is 30.7 Å². The van der Waals surface area contributed by atoms with Crippen LogP contribution in [-0.4, -0.2) is 47.4 Å². The molecule has 0 unspecified atom stereocenters. The van der Waals surface area contributed by atoms with Crippen molar-refractivity contribution in [2.24, 2.45) is 4.99 Å². The minimum absolute atomic E-state index is 0.0843. The van der Waals surface area contributed by atoms with Crippen LogP contribution in [0, 0.1) is 0 Å². The molecule has 0 radical (unpaired) electrons. The summed E-state index contributed by atoms with van der Waals surface area (Å²) < 4.78 is 5.10. The maximum Gasteiger partial charge on any atom is 0.242 e. The van der Waals surface area contributed by atoms with Crippen LogP contribution in [-0.2, 0) is 14.3 Å². The maximum absolute atomic E-state index is 12.9. The van der Waals surface area contributed by atoms with E-state index >= 15 is 0 Å². The zero-order valence-electron chi connectivity index (χ0n) is 15.7. The molecule has 1 atom stereocenters. The number of rotatable bonds is 8. The van der Waals surface area contributed by atoms with Gasteiger partial charge in [0.25, 0.3) is 0 Å². The lowest BCUT2D eigenvalue weighted by Gasteiger charge is -2.16. The summed E-state index contributed by atoms with van der Waals surface area (Å²) >= 11 is 1.34. The largest absolute Gasteiger partial charge is 0.385 e. The van der Waals surface area contributed by atoms with Crippen LogP contribution in [0.4, 0.5) is 11.4 Å². The van der Waals surface area contributed by atoms with Gasteiger partial charge in [0.1, 0.15) is 5.25 Å². The number of hydrogen-bond acceptors (Lipinski definition) is 5. The number of amidine groups is 1. The number of ether oxygens (including phenoxy) is 1. The zero-order chi connectivity index (χ0) is 19.8. The smallest absolute Gasteiger partial charge is 0.242 e. The number of amides is 2. The Kier molecular flexibility index (Phi) is 7.22. The van der Waals surface area contributed by atoms with Crippen molar-refractivity contribution in [3.05, 3.63) is 60.7 Å². The fraction of sp³-hybridized carbons (Fsp3) is 0.286. The summed E-state index contributed by atoms with van der Waals surface area (Å²) in [5, 5.41) is 2.99. The summed E-state index contributed by atoms with van der Waals surface area (Å²) in [4.78, 5) is 31.6. The number of benzene rings is 2. The van der Waals surface area contributed by atoms with Gasteiger partial charge in [0.05, 0.1) is 5.69 Å². The minimum atomic E-state index is -0.478. The molecule has 2 aromatic rings. The molecule has 1 aliphatic rings. The van der Waals surface area contributed by atoms with Crippen LogP contribution in [0.3, 0.4) is 0 Å². The van der Waals surface area contributed by atoms with Gasteiger partial charge in [-0.15, -0.1) is 0 Å². The summed E-state index contributed by atoms with van der Waals surface area (Å²) in [6.45, 7) is 1.08. The van der Waals surface area contributed by atoms with Gasteiger partial charge < -0.3 is 10.1 Å². The quantitative estimate of drug-likeness (QED) is 0.690. The highest BCUT2D eigenvalue weighted by Gasteiger charge is 2.38. The van der Waals surface area contributed by atoms with Gasteiger partial charge >= 0.3 is 0 Å². The van der Waals surface area contributed by atoms with Gasteiger partial charge in [0.15, 0.2) is 5.17 Å². The van der Waals surface area contributed by atoms with E-state index in [1.807, 2.05) is 60.7 Å². The van der Waals surface area contributed by atoms with E-state index in [-0.39, 0.29) is 18.2 Å². The Hall–Kier alpha value is -2.64. The molecule has 2 aromatic carbocycles. The second-order valence-electron chi connectivity index (χ2n) is 6.29. The van der Waals surface area contributed by atoms with Crippen LogP contribution in [0.1, 0.15) is 12.8 Å². The molecule has 2 amide bonds. The van der Waals surface area contributed by atoms with Gasteiger partial charge in [0, 0.05) is 32.4 Å². The number of carbonyl (C=O) groups is 2. The van der Waals surface area contributed by atoms with E-state index in [0.717, 1.165) is 11.4 Å². The summed E-state index contributed by atoms with van der Waals surface area (Å²) in [7, 11) is 1.64. The van der Waals surface area contributed by atoms with Crippen LogP contribution in [0.15, 0.2) is 65.7 Å². The molecule has 6 nitrogen and oxygen atoms in total. The molecule has 0 aromatic heterocycles. The molecule has 0 aliphatic carbocycles. The first-order chi connectivity index (χ1) is 13.7. The average molecular weight is 398 g/mol. The molecule has 1 aliphatic heterocycles. The second-order valence-corrected chi connectivity index (χ2v) is 7.46. The number of methoxy groups -OCH3 is 1. The lowest BCUT2D eigenvalue weighted by molar-refractivity contribution is -0.128. The standard InChI is InChI=1S/C21H23N3O3S/c1-27-14-8-13-24-20(26)18(15-19(25)22-16-9-4-2-5-10-16)28-21(24)23-17-11-6-3-7-12-17/h2-7,9-12,18H,8,13-15H2,1H3,(H,22,25)/t18-/m1/s1. The van der Waals surface area contributed by atoms with Crippen molar-refractivity contribution in [3.63, 3.8) is 0 Å². The average Bonchev–Trinajstić information content (AvgIpc) is 2.98. The molecule has 0 saturated carbocycles. The number of hydrogen-bond donors (Lipinski definition) is 1. The van der Waals surface area contributed by atoms with Gasteiger partial charge in [-0.1, -0.05) is 48.2 Å². The summed E-state index contributed by atoms with van der Waals surface area (Å²) in [6, 6.07) is 18.7. The lowest BCUT2D eigenvalue weighted by atomic mass is 10.2. The molecule has 1 N–H and O–H groups in total. The van der Waals surface area contributed by atoms with E-state index in [9.17, 15) is 9.59 Å². The third kappa shape index (κ3) is 5.43. The van der Waals surface area contributed by atoms with Crippen molar-refractivity contribution in [2.75, 3.05) is 25.6 Å². The van der Waals surface area contributed by atoms with Crippen LogP contribution in [0.5, 0.6) is 0 Å². The molecule has 1 heterocycles. The molecule has 0 spiro atoms. The van der Waals surface area contributed by atoms with E-state index in [2.05, 4.69) is 10.3 Å². The SMILES string of the molecule is COCCCN1C(=O)[C@@H](CC(=O)Nc2ccccc2)SC1=Nc1ccccc1. The van der Waals surface area contributed by atoms with Crippen LogP contribution in [0.2, 0.25) is 0 Å². The van der Waals surface area contributed by atoms with Gasteiger partial charge in [-0.25, -0.2) is 4.99 Å². The summed E-state index contributed by atoms with van der Waals surface area (Å²) in [6.07, 6.45) is 0.812. The molecule has 1 saturated heterocycles. The number of carbonyl (C=O) groups excluding carboxylic acids is 2. The minimum Gasteiger partial charge on any atom is -0.385 e.